The molecule has 0 aromatic heterocycles. The van der Waals surface area contributed by atoms with Crippen molar-refractivity contribution >= 4 is 5.69 Å². The molecule has 1 saturated heterocycles. The van der Waals surface area contributed by atoms with Crippen LogP contribution in [-0.4, -0.2) is 31.1 Å². The van der Waals surface area contributed by atoms with Gasteiger partial charge in [-0.15, -0.1) is 0 Å². The molecule has 1 aromatic rings. The lowest BCUT2D eigenvalue weighted by Crippen LogP contribution is -2.40. The van der Waals surface area contributed by atoms with Gasteiger partial charge in [-0.2, -0.15) is 0 Å². The van der Waals surface area contributed by atoms with E-state index in [0.717, 1.165) is 29.8 Å². The summed E-state index contributed by atoms with van der Waals surface area (Å²) in [5.74, 6) is 2.40. The highest BCUT2D eigenvalue weighted by Gasteiger charge is 2.21. The first kappa shape index (κ1) is 13.2. The summed E-state index contributed by atoms with van der Waals surface area (Å²) in [6.07, 6.45) is 1.35. The fraction of sp³-hybridized carbons (Fsp3) is 0.600. The molecule has 2 rings (SSSR count). The van der Waals surface area contributed by atoms with E-state index >= 15 is 0 Å². The van der Waals surface area contributed by atoms with Crippen molar-refractivity contribution in [2.24, 2.45) is 11.8 Å². The second-order valence-electron chi connectivity index (χ2n) is 5.59. The Morgan fingerprint density at radius 3 is 2.56 bits per heavy atom. The van der Waals surface area contributed by atoms with Crippen molar-refractivity contribution in [3.63, 3.8) is 0 Å². The highest BCUT2D eigenvalue weighted by Crippen LogP contribution is 2.22. The maximum Gasteiger partial charge on any atom is 0.142 e. The average Bonchev–Trinajstić information content (AvgIpc) is 2.30. The van der Waals surface area contributed by atoms with Crippen molar-refractivity contribution in [3.8, 4) is 5.75 Å². The molecule has 1 aliphatic heterocycles. The summed E-state index contributed by atoms with van der Waals surface area (Å²) in [6, 6.07) is 7.68. The molecule has 2 N–H and O–H groups in total. The molecule has 0 amide bonds. The number of piperidine rings is 1. The first-order valence-electron chi connectivity index (χ1n) is 6.85. The number of hydrogen-bond acceptors (Lipinski definition) is 3. The Bertz CT molecular complexity index is 371. The lowest BCUT2D eigenvalue weighted by Gasteiger charge is -2.34. The molecule has 1 heterocycles. The molecular formula is C15H24N2O. The third-order valence-corrected chi connectivity index (χ3v) is 3.53. The molecule has 0 spiro atoms. The predicted octanol–water partition coefficient (Wildman–Crippen LogP) is 2.63. The maximum absolute atomic E-state index is 5.85. The first-order valence-corrected chi connectivity index (χ1v) is 6.85. The Labute approximate surface area is 110 Å². The van der Waals surface area contributed by atoms with Crippen LogP contribution in [0.1, 0.15) is 20.3 Å². The third-order valence-electron chi connectivity index (χ3n) is 3.53. The van der Waals surface area contributed by atoms with E-state index in [1.165, 1.54) is 19.5 Å². The summed E-state index contributed by atoms with van der Waals surface area (Å²) in [5.41, 5.74) is 6.57. The number of rotatable bonds is 4. The fourth-order valence-electron chi connectivity index (χ4n) is 2.87. The van der Waals surface area contributed by atoms with E-state index in [9.17, 15) is 0 Å². The molecule has 0 unspecified atom stereocenters. The van der Waals surface area contributed by atoms with Crippen molar-refractivity contribution < 1.29 is 4.74 Å². The molecule has 3 heteroatoms. The zero-order chi connectivity index (χ0) is 13.0. The Balaban J connectivity index is 1.77. The van der Waals surface area contributed by atoms with E-state index in [-0.39, 0.29) is 0 Å². The van der Waals surface area contributed by atoms with E-state index in [1.54, 1.807) is 0 Å². The summed E-state index contributed by atoms with van der Waals surface area (Å²) in [4.78, 5) is 2.50. The van der Waals surface area contributed by atoms with E-state index in [2.05, 4.69) is 18.7 Å². The third kappa shape index (κ3) is 3.64. The summed E-state index contributed by atoms with van der Waals surface area (Å²) in [6.45, 7) is 8.75. The molecule has 0 bridgehead atoms. The van der Waals surface area contributed by atoms with Gasteiger partial charge in [0.15, 0.2) is 0 Å². The summed E-state index contributed by atoms with van der Waals surface area (Å²) in [5, 5.41) is 0. The van der Waals surface area contributed by atoms with Gasteiger partial charge >= 0.3 is 0 Å². The van der Waals surface area contributed by atoms with Crippen molar-refractivity contribution in [1.82, 2.24) is 4.90 Å². The van der Waals surface area contributed by atoms with Crippen molar-refractivity contribution in [2.75, 3.05) is 32.0 Å². The largest absolute Gasteiger partial charge is 0.490 e. The smallest absolute Gasteiger partial charge is 0.142 e. The predicted molar refractivity (Wildman–Crippen MR) is 75.7 cm³/mol. The average molecular weight is 248 g/mol. The summed E-state index contributed by atoms with van der Waals surface area (Å²) < 4.78 is 5.74. The molecule has 1 aliphatic rings. The summed E-state index contributed by atoms with van der Waals surface area (Å²) >= 11 is 0. The van der Waals surface area contributed by atoms with Gasteiger partial charge in [-0.05, 0) is 30.4 Å². The first-order chi connectivity index (χ1) is 8.65. The number of hydrogen-bond donors (Lipinski definition) is 1. The van der Waals surface area contributed by atoms with Gasteiger partial charge in [0.1, 0.15) is 12.4 Å². The number of nitrogen functional groups attached to an aromatic ring is 1. The van der Waals surface area contributed by atoms with E-state index in [4.69, 9.17) is 10.5 Å². The van der Waals surface area contributed by atoms with E-state index in [1.807, 2.05) is 24.3 Å². The molecular weight excluding hydrogens is 224 g/mol. The zero-order valence-corrected chi connectivity index (χ0v) is 11.4. The Morgan fingerprint density at radius 1 is 1.22 bits per heavy atom. The SMILES string of the molecule is C[C@H]1C[C@H](C)CN(CCOc2ccccc2N)C1. The molecule has 3 nitrogen and oxygen atoms in total. The number of benzene rings is 1. The summed E-state index contributed by atoms with van der Waals surface area (Å²) in [7, 11) is 0. The van der Waals surface area contributed by atoms with Crippen LogP contribution in [0.25, 0.3) is 0 Å². The molecule has 2 atom stereocenters. The molecule has 18 heavy (non-hydrogen) atoms. The van der Waals surface area contributed by atoms with Gasteiger partial charge in [-0.1, -0.05) is 26.0 Å². The van der Waals surface area contributed by atoms with Crippen molar-refractivity contribution in [3.05, 3.63) is 24.3 Å². The lowest BCUT2D eigenvalue weighted by atomic mass is 9.92. The monoisotopic (exact) mass is 248 g/mol. The highest BCUT2D eigenvalue weighted by molar-refractivity contribution is 5.51. The van der Waals surface area contributed by atoms with Crippen LogP contribution in [0.3, 0.4) is 0 Å². The van der Waals surface area contributed by atoms with Gasteiger partial charge in [-0.25, -0.2) is 0 Å². The Kier molecular flexibility index (Phi) is 4.48. The lowest BCUT2D eigenvalue weighted by molar-refractivity contribution is 0.121. The number of para-hydroxylation sites is 2. The molecule has 0 saturated carbocycles. The number of nitrogens with zero attached hydrogens (tertiary/aromatic N) is 1. The number of nitrogens with two attached hydrogens (primary N) is 1. The Hall–Kier alpha value is -1.22. The van der Waals surface area contributed by atoms with Gasteiger partial charge in [0.2, 0.25) is 0 Å². The zero-order valence-electron chi connectivity index (χ0n) is 11.4. The second kappa shape index (κ2) is 6.10. The fourth-order valence-corrected chi connectivity index (χ4v) is 2.87. The molecule has 1 aromatic carbocycles. The molecule has 0 aliphatic carbocycles. The van der Waals surface area contributed by atoms with Gasteiger partial charge in [0.25, 0.3) is 0 Å². The number of likely N-dealkylation sites (tertiary alicyclic amines) is 1. The van der Waals surface area contributed by atoms with Crippen LogP contribution < -0.4 is 10.5 Å². The molecule has 100 valence electrons. The van der Waals surface area contributed by atoms with Gasteiger partial charge < -0.3 is 10.5 Å². The number of ether oxygens (including phenoxy) is 1. The van der Waals surface area contributed by atoms with Crippen LogP contribution in [-0.2, 0) is 0 Å². The normalized spacial score (nSPS) is 25.0. The van der Waals surface area contributed by atoms with E-state index < -0.39 is 0 Å². The minimum absolute atomic E-state index is 0.716. The number of anilines is 1. The van der Waals surface area contributed by atoms with Gasteiger partial charge in [0.05, 0.1) is 5.69 Å². The second-order valence-corrected chi connectivity index (χ2v) is 5.59. The van der Waals surface area contributed by atoms with Gasteiger partial charge in [-0.3, -0.25) is 4.90 Å². The minimum Gasteiger partial charge on any atom is -0.490 e. The van der Waals surface area contributed by atoms with Crippen LogP contribution in [0, 0.1) is 11.8 Å². The maximum atomic E-state index is 5.85. The van der Waals surface area contributed by atoms with Crippen LogP contribution in [0.15, 0.2) is 24.3 Å². The van der Waals surface area contributed by atoms with Crippen LogP contribution in [0.4, 0.5) is 5.69 Å². The van der Waals surface area contributed by atoms with Gasteiger partial charge in [0, 0.05) is 19.6 Å². The van der Waals surface area contributed by atoms with Crippen molar-refractivity contribution in [2.45, 2.75) is 20.3 Å². The Morgan fingerprint density at radius 2 is 1.89 bits per heavy atom. The van der Waals surface area contributed by atoms with Crippen molar-refractivity contribution in [1.29, 1.82) is 0 Å². The molecule has 0 radical (unpaired) electrons. The quantitative estimate of drug-likeness (QED) is 0.832. The van der Waals surface area contributed by atoms with Crippen LogP contribution in [0.2, 0.25) is 0 Å². The highest BCUT2D eigenvalue weighted by atomic mass is 16.5. The standard InChI is InChI=1S/C15H24N2O/c1-12-9-13(2)11-17(10-12)7-8-18-15-6-4-3-5-14(15)16/h3-6,12-13H,7-11,16H2,1-2H3/t12-,13-/m0/s1. The van der Waals surface area contributed by atoms with Crippen LogP contribution >= 0.6 is 0 Å². The molecule has 1 fully saturated rings. The topological polar surface area (TPSA) is 38.5 Å². The minimum atomic E-state index is 0.716. The van der Waals surface area contributed by atoms with E-state index in [0.29, 0.717) is 6.61 Å². The van der Waals surface area contributed by atoms with Crippen LogP contribution in [0.5, 0.6) is 5.75 Å².